The number of hydrogen-bond donors (Lipinski definition) is 1. The molecule has 0 aromatic rings. The minimum atomic E-state index is 0.0390. The third-order valence-electron chi connectivity index (χ3n) is 2.52. The van der Waals surface area contributed by atoms with Gasteiger partial charge < -0.3 is 10.2 Å². The Balaban J connectivity index is 2.25. The van der Waals surface area contributed by atoms with E-state index in [1.54, 1.807) is 19.0 Å². The number of amides is 2. The number of urea groups is 1. The lowest BCUT2D eigenvalue weighted by molar-refractivity contribution is 0.213. The van der Waals surface area contributed by atoms with E-state index in [1.165, 1.54) is 12.2 Å². The van der Waals surface area contributed by atoms with E-state index in [0.717, 1.165) is 18.1 Å². The number of hydrogen-bond acceptors (Lipinski definition) is 2. The summed E-state index contributed by atoms with van der Waals surface area (Å²) >= 11 is 2.01. The van der Waals surface area contributed by atoms with E-state index in [4.69, 9.17) is 0 Å². The number of rotatable bonds is 3. The topological polar surface area (TPSA) is 32.3 Å². The van der Waals surface area contributed by atoms with Crippen molar-refractivity contribution in [3.63, 3.8) is 0 Å². The minimum Gasteiger partial charge on any atom is -0.335 e. The van der Waals surface area contributed by atoms with Crippen LogP contribution in [0.4, 0.5) is 4.79 Å². The lowest BCUT2D eigenvalue weighted by atomic mass is 10.2. The molecule has 0 spiro atoms. The van der Waals surface area contributed by atoms with Crippen molar-refractivity contribution in [3.8, 4) is 0 Å². The predicted octanol–water partition coefficient (Wildman–Crippen LogP) is 1.93. The van der Waals surface area contributed by atoms with E-state index in [0.29, 0.717) is 6.04 Å². The van der Waals surface area contributed by atoms with Crippen molar-refractivity contribution in [1.29, 1.82) is 0 Å². The Kier molecular flexibility index (Phi) is 4.58. The van der Waals surface area contributed by atoms with Crippen LogP contribution in [0.25, 0.3) is 0 Å². The van der Waals surface area contributed by atoms with Gasteiger partial charge in [0.25, 0.3) is 0 Å². The fourth-order valence-electron chi connectivity index (χ4n) is 1.76. The Morgan fingerprint density at radius 3 is 2.79 bits per heavy atom. The van der Waals surface area contributed by atoms with E-state index in [-0.39, 0.29) is 6.03 Å². The summed E-state index contributed by atoms with van der Waals surface area (Å²) in [6.45, 7) is 2.19. The third-order valence-corrected chi connectivity index (χ3v) is 3.75. The summed E-state index contributed by atoms with van der Waals surface area (Å²) in [6.07, 6.45) is 3.52. The van der Waals surface area contributed by atoms with Gasteiger partial charge in [-0.05, 0) is 25.0 Å². The van der Waals surface area contributed by atoms with Crippen molar-refractivity contribution in [2.24, 2.45) is 0 Å². The summed E-state index contributed by atoms with van der Waals surface area (Å²) in [6, 6.07) is 0.436. The normalized spacial score (nSPS) is 26.2. The van der Waals surface area contributed by atoms with Gasteiger partial charge in [-0.1, -0.05) is 6.92 Å². The molecular weight excluding hydrogens is 196 g/mol. The Hall–Kier alpha value is -0.380. The molecule has 0 heterocycles. The second-order valence-corrected chi connectivity index (χ2v) is 5.51. The van der Waals surface area contributed by atoms with Crippen LogP contribution in [0.15, 0.2) is 0 Å². The molecule has 2 atom stereocenters. The molecule has 0 saturated heterocycles. The summed E-state index contributed by atoms with van der Waals surface area (Å²) in [4.78, 5) is 13.0. The first-order chi connectivity index (χ1) is 6.63. The summed E-state index contributed by atoms with van der Waals surface area (Å²) in [7, 11) is 3.56. The van der Waals surface area contributed by atoms with E-state index in [1.807, 2.05) is 11.8 Å². The van der Waals surface area contributed by atoms with Crippen LogP contribution in [-0.2, 0) is 0 Å². The van der Waals surface area contributed by atoms with Crippen molar-refractivity contribution in [2.45, 2.75) is 37.5 Å². The molecule has 0 aliphatic heterocycles. The van der Waals surface area contributed by atoms with E-state index >= 15 is 0 Å². The molecule has 1 fully saturated rings. The van der Waals surface area contributed by atoms with Gasteiger partial charge in [-0.2, -0.15) is 11.8 Å². The maximum atomic E-state index is 11.4. The SMILES string of the molecule is CCSC1CCC(NC(=O)N(C)C)C1. The lowest BCUT2D eigenvalue weighted by Crippen LogP contribution is -2.40. The smallest absolute Gasteiger partial charge is 0.317 e. The molecule has 1 aliphatic rings. The number of nitrogens with one attached hydrogen (secondary N) is 1. The highest BCUT2D eigenvalue weighted by molar-refractivity contribution is 7.99. The van der Waals surface area contributed by atoms with Crippen LogP contribution in [0.5, 0.6) is 0 Å². The first-order valence-electron chi connectivity index (χ1n) is 5.23. The molecular formula is C10H20N2OS. The van der Waals surface area contributed by atoms with Gasteiger partial charge in [-0.15, -0.1) is 0 Å². The van der Waals surface area contributed by atoms with Gasteiger partial charge in [-0.3, -0.25) is 0 Å². The van der Waals surface area contributed by atoms with Gasteiger partial charge in [0.15, 0.2) is 0 Å². The van der Waals surface area contributed by atoms with Gasteiger partial charge in [0.05, 0.1) is 0 Å². The second-order valence-electron chi connectivity index (χ2n) is 3.93. The zero-order valence-corrected chi connectivity index (χ0v) is 10.1. The largest absolute Gasteiger partial charge is 0.335 e. The molecule has 82 valence electrons. The Bertz CT molecular complexity index is 197. The monoisotopic (exact) mass is 216 g/mol. The van der Waals surface area contributed by atoms with Crippen molar-refractivity contribution >= 4 is 17.8 Å². The van der Waals surface area contributed by atoms with Crippen LogP contribution < -0.4 is 5.32 Å². The van der Waals surface area contributed by atoms with Crippen molar-refractivity contribution in [3.05, 3.63) is 0 Å². The third kappa shape index (κ3) is 3.40. The molecule has 14 heavy (non-hydrogen) atoms. The molecule has 1 N–H and O–H groups in total. The summed E-state index contributed by atoms with van der Waals surface area (Å²) in [5, 5.41) is 3.80. The van der Waals surface area contributed by atoms with Gasteiger partial charge in [0, 0.05) is 25.4 Å². The van der Waals surface area contributed by atoms with Gasteiger partial charge in [0.1, 0.15) is 0 Å². The second kappa shape index (κ2) is 5.49. The van der Waals surface area contributed by atoms with E-state index in [9.17, 15) is 4.79 Å². The Morgan fingerprint density at radius 1 is 1.50 bits per heavy atom. The minimum absolute atomic E-state index is 0.0390. The van der Waals surface area contributed by atoms with E-state index < -0.39 is 0 Å². The number of carbonyl (C=O) groups excluding carboxylic acids is 1. The summed E-state index contributed by atoms with van der Waals surface area (Å²) < 4.78 is 0. The Morgan fingerprint density at radius 2 is 2.21 bits per heavy atom. The molecule has 0 bridgehead atoms. The average molecular weight is 216 g/mol. The maximum absolute atomic E-state index is 11.4. The molecule has 4 heteroatoms. The predicted molar refractivity (Wildman–Crippen MR) is 61.8 cm³/mol. The number of thioether (sulfide) groups is 1. The molecule has 0 aromatic heterocycles. The first-order valence-corrected chi connectivity index (χ1v) is 6.27. The molecule has 0 aromatic carbocycles. The molecule has 0 radical (unpaired) electrons. The highest BCUT2D eigenvalue weighted by atomic mass is 32.2. The van der Waals surface area contributed by atoms with Gasteiger partial charge in [0.2, 0.25) is 0 Å². The highest BCUT2D eigenvalue weighted by Gasteiger charge is 2.25. The van der Waals surface area contributed by atoms with Crippen LogP contribution >= 0.6 is 11.8 Å². The van der Waals surface area contributed by atoms with Crippen molar-refractivity contribution in [1.82, 2.24) is 10.2 Å². The van der Waals surface area contributed by atoms with Crippen LogP contribution in [0.3, 0.4) is 0 Å². The zero-order valence-electron chi connectivity index (χ0n) is 9.25. The van der Waals surface area contributed by atoms with E-state index in [2.05, 4.69) is 12.2 Å². The van der Waals surface area contributed by atoms with Crippen molar-refractivity contribution in [2.75, 3.05) is 19.8 Å². The maximum Gasteiger partial charge on any atom is 0.317 e. The standard InChI is InChI=1S/C10H20N2OS/c1-4-14-9-6-5-8(7-9)11-10(13)12(2)3/h8-9H,4-7H2,1-3H3,(H,11,13). The fraction of sp³-hybridized carbons (Fsp3) is 0.900. The highest BCUT2D eigenvalue weighted by Crippen LogP contribution is 2.29. The molecule has 1 saturated carbocycles. The quantitative estimate of drug-likeness (QED) is 0.782. The summed E-state index contributed by atoms with van der Waals surface area (Å²) in [5.74, 6) is 1.18. The number of carbonyl (C=O) groups is 1. The van der Waals surface area contributed by atoms with Crippen LogP contribution in [-0.4, -0.2) is 42.1 Å². The molecule has 2 amide bonds. The fourth-order valence-corrected chi connectivity index (χ4v) is 2.90. The summed E-state index contributed by atoms with van der Waals surface area (Å²) in [5.41, 5.74) is 0. The molecule has 1 rings (SSSR count). The lowest BCUT2D eigenvalue weighted by Gasteiger charge is -2.17. The zero-order chi connectivity index (χ0) is 10.6. The Labute approximate surface area is 90.6 Å². The molecule has 1 aliphatic carbocycles. The van der Waals surface area contributed by atoms with Crippen LogP contribution in [0, 0.1) is 0 Å². The molecule has 3 nitrogen and oxygen atoms in total. The van der Waals surface area contributed by atoms with Crippen molar-refractivity contribution < 1.29 is 4.79 Å². The average Bonchev–Trinajstić information content (AvgIpc) is 2.53. The first kappa shape index (κ1) is 11.7. The van der Waals surface area contributed by atoms with Gasteiger partial charge >= 0.3 is 6.03 Å². The van der Waals surface area contributed by atoms with Crippen LogP contribution in [0.1, 0.15) is 26.2 Å². The van der Waals surface area contributed by atoms with Gasteiger partial charge in [-0.25, -0.2) is 4.79 Å². The van der Waals surface area contributed by atoms with Crippen LogP contribution in [0.2, 0.25) is 0 Å². The number of nitrogens with zero attached hydrogens (tertiary/aromatic N) is 1. The molecule has 2 unspecified atom stereocenters.